The van der Waals surface area contributed by atoms with Crippen LogP contribution in [0, 0.1) is 0 Å². The van der Waals surface area contributed by atoms with Gasteiger partial charge in [0.2, 0.25) is 0 Å². The lowest BCUT2D eigenvalue weighted by Crippen LogP contribution is -2.17. The van der Waals surface area contributed by atoms with E-state index < -0.39 is 20.8 Å². The van der Waals surface area contributed by atoms with E-state index in [-0.39, 0.29) is 4.90 Å². The molecule has 1 aliphatic carbocycles. The largest absolute Gasteiger partial charge is 0.279 e. The Balaban J connectivity index is 1.82. The van der Waals surface area contributed by atoms with Crippen molar-refractivity contribution in [1.29, 1.82) is 0 Å². The second-order valence-corrected chi connectivity index (χ2v) is 8.39. The van der Waals surface area contributed by atoms with Crippen LogP contribution in [0.5, 0.6) is 0 Å². The Kier molecular flexibility index (Phi) is 4.05. The van der Waals surface area contributed by atoms with Gasteiger partial charge in [0, 0.05) is 28.1 Å². The fourth-order valence-corrected chi connectivity index (χ4v) is 3.81. The number of benzene rings is 1. The first kappa shape index (κ1) is 15.2. The van der Waals surface area contributed by atoms with E-state index >= 15 is 0 Å². The van der Waals surface area contributed by atoms with Crippen molar-refractivity contribution in [2.24, 2.45) is 0 Å². The van der Waals surface area contributed by atoms with Crippen LogP contribution in [0.1, 0.15) is 25.3 Å². The Morgan fingerprint density at radius 2 is 2.14 bits per heavy atom. The number of hydrogen-bond acceptors (Lipinski definition) is 4. The smallest absolute Gasteiger partial charge is 0.265 e. The van der Waals surface area contributed by atoms with E-state index in [2.05, 4.69) is 9.82 Å². The van der Waals surface area contributed by atoms with E-state index in [0.29, 0.717) is 16.6 Å². The first-order chi connectivity index (χ1) is 10.5. The molecule has 0 amide bonds. The van der Waals surface area contributed by atoms with Crippen LogP contribution in [0.2, 0.25) is 0 Å². The van der Waals surface area contributed by atoms with Gasteiger partial charge in [-0.25, -0.2) is 8.42 Å². The number of nitrogens with zero attached hydrogens (tertiary/aromatic N) is 2. The van der Waals surface area contributed by atoms with Crippen molar-refractivity contribution in [3.63, 3.8) is 0 Å². The molecule has 0 saturated heterocycles. The van der Waals surface area contributed by atoms with Gasteiger partial charge in [-0.05, 0) is 37.5 Å². The van der Waals surface area contributed by atoms with Gasteiger partial charge in [-0.3, -0.25) is 13.6 Å². The van der Waals surface area contributed by atoms with Gasteiger partial charge in [0.25, 0.3) is 10.0 Å². The van der Waals surface area contributed by atoms with Gasteiger partial charge < -0.3 is 0 Å². The molecule has 1 aliphatic rings. The second-order valence-electron chi connectivity index (χ2n) is 5.33. The number of aromatic nitrogens is 2. The molecule has 1 atom stereocenters. The summed E-state index contributed by atoms with van der Waals surface area (Å²) in [7, 11) is -4.84. The highest BCUT2D eigenvalue weighted by atomic mass is 32.2. The lowest BCUT2D eigenvalue weighted by atomic mass is 9.93. The molecule has 0 bridgehead atoms. The summed E-state index contributed by atoms with van der Waals surface area (Å²) < 4.78 is 40.5. The summed E-state index contributed by atoms with van der Waals surface area (Å²) in [4.78, 5) is 0.716. The topological polar surface area (TPSA) is 81.1 Å². The molecular formula is C14H17N3O3S2. The molecule has 1 aromatic heterocycles. The Hall–Kier alpha value is -1.67. The zero-order valence-corrected chi connectivity index (χ0v) is 13.7. The van der Waals surface area contributed by atoms with Crippen molar-refractivity contribution in [3.05, 3.63) is 36.7 Å². The van der Waals surface area contributed by atoms with E-state index in [1.807, 2.05) is 0 Å². The predicted octanol–water partition coefficient (Wildman–Crippen LogP) is 2.15. The number of sulfonamides is 1. The van der Waals surface area contributed by atoms with E-state index in [9.17, 15) is 12.6 Å². The maximum Gasteiger partial charge on any atom is 0.265 e. The molecular weight excluding hydrogens is 322 g/mol. The molecule has 0 radical (unpaired) electrons. The van der Waals surface area contributed by atoms with Crippen LogP contribution in [-0.2, 0) is 20.8 Å². The average molecular weight is 339 g/mol. The summed E-state index contributed by atoms with van der Waals surface area (Å²) in [6, 6.07) is 6.89. The minimum absolute atomic E-state index is 0.141. The van der Waals surface area contributed by atoms with Gasteiger partial charge in [0.1, 0.15) is 4.90 Å². The molecule has 0 spiro atoms. The molecule has 1 N–H and O–H groups in total. The highest BCUT2D eigenvalue weighted by Crippen LogP contribution is 2.31. The second kappa shape index (κ2) is 5.85. The first-order valence-electron chi connectivity index (χ1n) is 6.96. The van der Waals surface area contributed by atoms with Crippen molar-refractivity contribution in [2.45, 2.75) is 35.1 Å². The van der Waals surface area contributed by atoms with Crippen LogP contribution in [0.25, 0.3) is 0 Å². The van der Waals surface area contributed by atoms with Gasteiger partial charge in [-0.15, -0.1) is 0 Å². The number of nitrogens with one attached hydrogen (secondary N) is 1. The number of anilines is 1. The van der Waals surface area contributed by atoms with Gasteiger partial charge >= 0.3 is 0 Å². The fraction of sp³-hybridized carbons (Fsp3) is 0.357. The maximum atomic E-state index is 12.4. The molecule has 1 saturated carbocycles. The molecule has 1 aromatic carbocycles. The highest BCUT2D eigenvalue weighted by Gasteiger charge is 2.23. The third kappa shape index (κ3) is 3.07. The average Bonchev–Trinajstić information content (AvgIpc) is 2.86. The Morgan fingerprint density at radius 3 is 2.77 bits per heavy atom. The predicted molar refractivity (Wildman–Crippen MR) is 84.7 cm³/mol. The minimum atomic E-state index is -3.68. The van der Waals surface area contributed by atoms with Crippen LogP contribution in [0.15, 0.2) is 46.5 Å². The van der Waals surface area contributed by atoms with Crippen LogP contribution in [0.3, 0.4) is 0 Å². The molecule has 22 heavy (non-hydrogen) atoms. The van der Waals surface area contributed by atoms with Gasteiger partial charge in [-0.2, -0.15) is 5.10 Å². The standard InChI is InChI=1S/C14H17N3O3S2/c1-21(18)13-7-2-4-11(8-13)16-22(19,20)14-9-15-17(10-14)12-5-3-6-12/h2,4,7-10,12,16H,3,5-6H2,1H3. The van der Waals surface area contributed by atoms with E-state index in [4.69, 9.17) is 0 Å². The molecule has 1 unspecified atom stereocenters. The Morgan fingerprint density at radius 1 is 1.36 bits per heavy atom. The molecule has 3 rings (SSSR count). The quantitative estimate of drug-likeness (QED) is 0.905. The zero-order chi connectivity index (χ0) is 15.7. The Labute approximate surface area is 132 Å². The van der Waals surface area contributed by atoms with Crippen LogP contribution >= 0.6 is 0 Å². The van der Waals surface area contributed by atoms with Gasteiger partial charge in [0.15, 0.2) is 0 Å². The van der Waals surface area contributed by atoms with Crippen LogP contribution < -0.4 is 4.72 Å². The summed E-state index contributed by atoms with van der Waals surface area (Å²) in [5.74, 6) is 0. The van der Waals surface area contributed by atoms with E-state index in [1.165, 1.54) is 6.20 Å². The monoisotopic (exact) mass is 339 g/mol. The molecule has 6 nitrogen and oxygen atoms in total. The summed E-state index contributed by atoms with van der Waals surface area (Å²) in [6.45, 7) is 0. The lowest BCUT2D eigenvalue weighted by Gasteiger charge is -2.25. The summed E-state index contributed by atoms with van der Waals surface area (Å²) >= 11 is 0. The van der Waals surface area contributed by atoms with E-state index in [0.717, 1.165) is 19.3 Å². The van der Waals surface area contributed by atoms with Crippen molar-refractivity contribution < 1.29 is 12.6 Å². The van der Waals surface area contributed by atoms with Gasteiger partial charge in [0.05, 0.1) is 17.9 Å². The van der Waals surface area contributed by atoms with E-state index in [1.54, 1.807) is 41.4 Å². The van der Waals surface area contributed by atoms with Gasteiger partial charge in [-0.1, -0.05) is 6.07 Å². The normalized spacial score (nSPS) is 17.0. The molecule has 1 fully saturated rings. The fourth-order valence-electron chi connectivity index (χ4n) is 2.26. The van der Waals surface area contributed by atoms with Crippen LogP contribution in [-0.4, -0.2) is 28.7 Å². The van der Waals surface area contributed by atoms with Crippen LogP contribution in [0.4, 0.5) is 5.69 Å². The summed E-state index contributed by atoms with van der Waals surface area (Å²) in [5, 5.41) is 4.14. The Bertz CT molecular complexity index is 810. The van der Waals surface area contributed by atoms with Crippen molar-refractivity contribution in [2.75, 3.05) is 11.0 Å². The highest BCUT2D eigenvalue weighted by molar-refractivity contribution is 7.92. The summed E-state index contributed by atoms with van der Waals surface area (Å²) in [6.07, 6.45) is 7.72. The van der Waals surface area contributed by atoms with Crippen molar-refractivity contribution >= 4 is 26.5 Å². The van der Waals surface area contributed by atoms with Crippen molar-refractivity contribution in [1.82, 2.24) is 9.78 Å². The number of rotatable bonds is 5. The number of hydrogen-bond donors (Lipinski definition) is 1. The molecule has 0 aliphatic heterocycles. The molecule has 2 aromatic rings. The SMILES string of the molecule is CS(=O)c1cccc(NS(=O)(=O)c2cnn(C3CCC3)c2)c1. The zero-order valence-electron chi connectivity index (χ0n) is 12.1. The lowest BCUT2D eigenvalue weighted by molar-refractivity contribution is 0.289. The molecule has 118 valence electrons. The third-order valence-electron chi connectivity index (χ3n) is 3.76. The maximum absolute atomic E-state index is 12.4. The molecule has 1 heterocycles. The summed E-state index contributed by atoms with van der Waals surface area (Å²) in [5.41, 5.74) is 0.393. The minimum Gasteiger partial charge on any atom is -0.279 e. The van der Waals surface area contributed by atoms with Crippen molar-refractivity contribution in [3.8, 4) is 0 Å². The third-order valence-corrected chi connectivity index (χ3v) is 6.01. The first-order valence-corrected chi connectivity index (χ1v) is 10.0. The molecule has 8 heteroatoms.